The summed E-state index contributed by atoms with van der Waals surface area (Å²) in [4.78, 5) is 15.4. The third-order valence-corrected chi connectivity index (χ3v) is 6.91. The Morgan fingerprint density at radius 2 is 1.91 bits per heavy atom. The molecule has 0 saturated heterocycles. The second kappa shape index (κ2) is 10.2. The third kappa shape index (κ3) is 4.83. The monoisotopic (exact) mass is 450 g/mol. The number of aryl methyl sites for hydroxylation is 2. The third-order valence-electron chi connectivity index (χ3n) is 6.00. The highest BCUT2D eigenvalue weighted by Crippen LogP contribution is 2.27. The van der Waals surface area contributed by atoms with Crippen molar-refractivity contribution < 1.29 is 9.53 Å². The van der Waals surface area contributed by atoms with Crippen LogP contribution in [0.15, 0.2) is 53.7 Å². The zero-order valence-electron chi connectivity index (χ0n) is 19.0. The first-order valence-corrected chi connectivity index (χ1v) is 12.1. The van der Waals surface area contributed by atoms with Gasteiger partial charge in [-0.25, -0.2) is 0 Å². The van der Waals surface area contributed by atoms with Crippen molar-refractivity contribution in [2.24, 2.45) is 0 Å². The number of fused-ring (bicyclic) bond motifs is 1. The van der Waals surface area contributed by atoms with Crippen molar-refractivity contribution >= 4 is 17.7 Å². The van der Waals surface area contributed by atoms with E-state index in [9.17, 15) is 4.79 Å². The summed E-state index contributed by atoms with van der Waals surface area (Å²) < 4.78 is 7.24. The number of hydrogen-bond acceptors (Lipinski definition) is 5. The van der Waals surface area contributed by atoms with Crippen molar-refractivity contribution in [2.45, 2.75) is 50.7 Å². The second-order valence-electron chi connectivity index (χ2n) is 8.10. The Labute approximate surface area is 194 Å². The summed E-state index contributed by atoms with van der Waals surface area (Å²) in [6.07, 6.45) is 3.95. The number of carbonyl (C=O) groups excluding carboxylic acids is 1. The highest BCUT2D eigenvalue weighted by Gasteiger charge is 2.27. The number of aromatic nitrogens is 3. The molecule has 0 radical (unpaired) electrons. The van der Waals surface area contributed by atoms with Gasteiger partial charge in [0.2, 0.25) is 5.91 Å². The van der Waals surface area contributed by atoms with Crippen LogP contribution >= 0.6 is 11.8 Å². The van der Waals surface area contributed by atoms with Gasteiger partial charge in [0.25, 0.3) is 0 Å². The highest BCUT2D eigenvalue weighted by molar-refractivity contribution is 7.99. The normalized spacial score (nSPS) is 15.3. The van der Waals surface area contributed by atoms with Crippen molar-refractivity contribution in [1.29, 1.82) is 0 Å². The molecule has 1 aliphatic carbocycles. The zero-order chi connectivity index (χ0) is 22.5. The fraction of sp³-hybridized carbons (Fsp3) is 0.400. The molecular formula is C25H30N4O2S. The van der Waals surface area contributed by atoms with Gasteiger partial charge in [-0.15, -0.1) is 10.2 Å². The van der Waals surface area contributed by atoms with Gasteiger partial charge in [0.05, 0.1) is 12.9 Å². The highest BCUT2D eigenvalue weighted by atomic mass is 32.2. The van der Waals surface area contributed by atoms with Crippen LogP contribution in [-0.2, 0) is 17.6 Å². The molecule has 0 bridgehead atoms. The van der Waals surface area contributed by atoms with Crippen LogP contribution in [-0.4, -0.2) is 51.0 Å². The molecule has 0 N–H and O–H groups in total. The Morgan fingerprint density at radius 3 is 2.62 bits per heavy atom. The van der Waals surface area contributed by atoms with Crippen molar-refractivity contribution in [1.82, 2.24) is 19.7 Å². The quantitative estimate of drug-likeness (QED) is 0.474. The van der Waals surface area contributed by atoms with Crippen LogP contribution in [0.4, 0.5) is 0 Å². The SMILES string of the molecule is CCCN(C(=O)CSc1nnc(C)n1-c1ccc(OC)cc1)C1CCc2ccccc2C1. The van der Waals surface area contributed by atoms with Gasteiger partial charge in [0.1, 0.15) is 11.6 Å². The van der Waals surface area contributed by atoms with E-state index in [1.165, 1.54) is 22.9 Å². The summed E-state index contributed by atoms with van der Waals surface area (Å²) in [6, 6.07) is 16.7. The maximum atomic E-state index is 13.3. The van der Waals surface area contributed by atoms with E-state index in [0.29, 0.717) is 5.75 Å². The van der Waals surface area contributed by atoms with E-state index in [1.807, 2.05) is 35.8 Å². The van der Waals surface area contributed by atoms with Crippen LogP contribution in [0.3, 0.4) is 0 Å². The van der Waals surface area contributed by atoms with Crippen molar-refractivity contribution in [2.75, 3.05) is 19.4 Å². The number of hydrogen-bond donors (Lipinski definition) is 0. The number of nitrogens with zero attached hydrogens (tertiary/aromatic N) is 4. The Balaban J connectivity index is 1.46. The van der Waals surface area contributed by atoms with Gasteiger partial charge in [-0.1, -0.05) is 43.0 Å². The zero-order valence-corrected chi connectivity index (χ0v) is 19.8. The molecule has 2 aromatic carbocycles. The maximum absolute atomic E-state index is 13.3. The molecule has 6 nitrogen and oxygen atoms in total. The standard InChI is InChI=1S/C25H30N4O2S/c1-4-15-28(22-10-9-19-7-5-6-8-20(19)16-22)24(30)17-32-25-27-26-18(2)29(25)21-11-13-23(31-3)14-12-21/h5-8,11-14,22H,4,9-10,15-17H2,1-3H3. The Bertz CT molecular complexity index is 1060. The molecule has 1 heterocycles. The first-order chi connectivity index (χ1) is 15.6. The Morgan fingerprint density at radius 1 is 1.16 bits per heavy atom. The fourth-order valence-electron chi connectivity index (χ4n) is 4.37. The van der Waals surface area contributed by atoms with Crippen LogP contribution in [0.25, 0.3) is 5.69 Å². The number of thioether (sulfide) groups is 1. The van der Waals surface area contributed by atoms with Gasteiger partial charge in [-0.05, 0) is 68.0 Å². The van der Waals surface area contributed by atoms with E-state index >= 15 is 0 Å². The van der Waals surface area contributed by atoms with Crippen molar-refractivity contribution in [3.63, 3.8) is 0 Å². The van der Waals surface area contributed by atoms with E-state index in [1.54, 1.807) is 7.11 Å². The predicted octanol–water partition coefficient (Wildman–Crippen LogP) is 4.47. The van der Waals surface area contributed by atoms with Gasteiger partial charge in [0.15, 0.2) is 5.16 Å². The lowest BCUT2D eigenvalue weighted by molar-refractivity contribution is -0.130. The molecular weight excluding hydrogens is 420 g/mol. The summed E-state index contributed by atoms with van der Waals surface area (Å²) in [5.74, 6) is 2.11. The van der Waals surface area contributed by atoms with E-state index < -0.39 is 0 Å². The molecule has 32 heavy (non-hydrogen) atoms. The molecule has 0 fully saturated rings. The van der Waals surface area contributed by atoms with E-state index in [4.69, 9.17) is 4.74 Å². The number of methoxy groups -OCH3 is 1. The van der Waals surface area contributed by atoms with Gasteiger partial charge in [0, 0.05) is 18.3 Å². The molecule has 0 spiro atoms. The minimum Gasteiger partial charge on any atom is -0.497 e. The van der Waals surface area contributed by atoms with E-state index in [0.717, 1.165) is 54.6 Å². The molecule has 3 aromatic rings. The second-order valence-corrected chi connectivity index (χ2v) is 9.05. The number of amides is 1. The van der Waals surface area contributed by atoms with Gasteiger partial charge >= 0.3 is 0 Å². The average molecular weight is 451 g/mol. The first kappa shape index (κ1) is 22.4. The van der Waals surface area contributed by atoms with Gasteiger partial charge in [-0.3, -0.25) is 9.36 Å². The van der Waals surface area contributed by atoms with Crippen LogP contribution in [0.1, 0.15) is 36.7 Å². The molecule has 0 aliphatic heterocycles. The lowest BCUT2D eigenvalue weighted by Gasteiger charge is -2.35. The Hall–Kier alpha value is -2.80. The predicted molar refractivity (Wildman–Crippen MR) is 128 cm³/mol. The molecule has 1 amide bonds. The first-order valence-electron chi connectivity index (χ1n) is 11.2. The Kier molecular flexibility index (Phi) is 7.15. The number of benzene rings is 2. The van der Waals surface area contributed by atoms with Crippen LogP contribution < -0.4 is 4.74 Å². The maximum Gasteiger partial charge on any atom is 0.233 e. The smallest absolute Gasteiger partial charge is 0.233 e. The molecule has 1 aliphatic rings. The summed E-state index contributed by atoms with van der Waals surface area (Å²) in [6.45, 7) is 4.84. The number of ether oxygens (including phenoxy) is 1. The summed E-state index contributed by atoms with van der Waals surface area (Å²) in [5.41, 5.74) is 3.75. The fourth-order valence-corrected chi connectivity index (χ4v) is 5.25. The van der Waals surface area contributed by atoms with Gasteiger partial charge in [-0.2, -0.15) is 0 Å². The van der Waals surface area contributed by atoms with Crippen molar-refractivity contribution in [3.05, 3.63) is 65.5 Å². The minimum atomic E-state index is 0.170. The van der Waals surface area contributed by atoms with E-state index in [2.05, 4.69) is 46.3 Å². The number of rotatable bonds is 8. The van der Waals surface area contributed by atoms with Gasteiger partial charge < -0.3 is 9.64 Å². The molecule has 1 aromatic heterocycles. The largest absolute Gasteiger partial charge is 0.497 e. The number of carbonyl (C=O) groups is 1. The summed E-state index contributed by atoms with van der Waals surface area (Å²) in [7, 11) is 1.65. The van der Waals surface area contributed by atoms with Crippen LogP contribution in [0.2, 0.25) is 0 Å². The summed E-state index contributed by atoms with van der Waals surface area (Å²) >= 11 is 1.45. The van der Waals surface area contributed by atoms with Crippen LogP contribution in [0, 0.1) is 6.92 Å². The lowest BCUT2D eigenvalue weighted by atomic mass is 9.87. The molecule has 168 valence electrons. The molecule has 0 saturated carbocycles. The van der Waals surface area contributed by atoms with Crippen LogP contribution in [0.5, 0.6) is 5.75 Å². The molecule has 1 atom stereocenters. The topological polar surface area (TPSA) is 60.2 Å². The van der Waals surface area contributed by atoms with E-state index in [-0.39, 0.29) is 11.9 Å². The average Bonchev–Trinajstić information content (AvgIpc) is 3.21. The lowest BCUT2D eigenvalue weighted by Crippen LogP contribution is -2.44. The molecule has 7 heteroatoms. The summed E-state index contributed by atoms with van der Waals surface area (Å²) in [5, 5.41) is 9.30. The molecule has 4 rings (SSSR count). The minimum absolute atomic E-state index is 0.170. The molecule has 1 unspecified atom stereocenters. The van der Waals surface area contributed by atoms with Crippen molar-refractivity contribution in [3.8, 4) is 11.4 Å².